The molecule has 1 aromatic heterocycles. The van der Waals surface area contributed by atoms with Crippen molar-refractivity contribution < 1.29 is 23.9 Å². The number of ether oxygens (including phenoxy) is 2. The van der Waals surface area contributed by atoms with Crippen LogP contribution in [-0.2, 0) is 9.53 Å². The van der Waals surface area contributed by atoms with Crippen molar-refractivity contribution >= 4 is 63.0 Å². The Hall–Kier alpha value is -3.07. The number of anilines is 2. The topological polar surface area (TPSA) is 93.7 Å². The largest absolute Gasteiger partial charge is 0.492 e. The molecule has 0 saturated heterocycles. The van der Waals surface area contributed by atoms with E-state index in [0.29, 0.717) is 38.3 Å². The van der Waals surface area contributed by atoms with E-state index in [9.17, 15) is 14.4 Å². The summed E-state index contributed by atoms with van der Waals surface area (Å²) >= 11 is 13.0. The number of nitrogens with one attached hydrogen (secondary N) is 2. The van der Waals surface area contributed by atoms with Gasteiger partial charge in [0.2, 0.25) is 5.91 Å². The lowest BCUT2D eigenvalue weighted by Gasteiger charge is -2.09. The lowest BCUT2D eigenvalue weighted by molar-refractivity contribution is -0.116. The average Bonchev–Trinajstić information content (AvgIpc) is 3.15. The number of hydrogen-bond donors (Lipinski definition) is 2. The van der Waals surface area contributed by atoms with Gasteiger partial charge in [-0.25, -0.2) is 4.79 Å². The van der Waals surface area contributed by atoms with Gasteiger partial charge in [0.1, 0.15) is 10.8 Å². The van der Waals surface area contributed by atoms with Gasteiger partial charge in [-0.05, 0) is 62.6 Å². The number of halogens is 2. The summed E-state index contributed by atoms with van der Waals surface area (Å²) in [4.78, 5) is 38.6. The monoisotopic (exact) mass is 548 g/mol. The fraction of sp³-hybridized carbons (Fsp3) is 0.269. The smallest absolute Gasteiger partial charge is 0.341 e. The molecule has 0 unspecified atom stereocenters. The van der Waals surface area contributed by atoms with Crippen LogP contribution in [0.4, 0.5) is 10.7 Å². The van der Waals surface area contributed by atoms with Crippen LogP contribution < -0.4 is 15.4 Å². The van der Waals surface area contributed by atoms with E-state index in [1.165, 1.54) is 0 Å². The van der Waals surface area contributed by atoms with Gasteiger partial charge in [-0.2, -0.15) is 0 Å². The second kappa shape index (κ2) is 12.8. The summed E-state index contributed by atoms with van der Waals surface area (Å²) in [6, 6.07) is 12.3. The molecule has 0 spiro atoms. The normalized spacial score (nSPS) is 10.6. The van der Waals surface area contributed by atoms with Crippen LogP contribution in [0.1, 0.15) is 50.9 Å². The van der Waals surface area contributed by atoms with Crippen LogP contribution in [-0.4, -0.2) is 31.0 Å². The molecule has 2 N–H and O–H groups in total. The van der Waals surface area contributed by atoms with Crippen LogP contribution in [0, 0.1) is 13.8 Å². The summed E-state index contributed by atoms with van der Waals surface area (Å²) in [7, 11) is 0. The van der Waals surface area contributed by atoms with Gasteiger partial charge in [-0.15, -0.1) is 11.3 Å². The molecule has 10 heteroatoms. The molecule has 0 saturated carbocycles. The number of amides is 2. The average molecular weight is 549 g/mol. The predicted molar refractivity (Wildman–Crippen MR) is 144 cm³/mol. The molecule has 0 atom stereocenters. The molecule has 3 rings (SSSR count). The molecule has 2 amide bonds. The Morgan fingerprint density at radius 2 is 1.78 bits per heavy atom. The van der Waals surface area contributed by atoms with Crippen molar-refractivity contribution in [3.8, 4) is 5.75 Å². The first-order chi connectivity index (χ1) is 17.2. The van der Waals surface area contributed by atoms with Gasteiger partial charge >= 0.3 is 5.97 Å². The van der Waals surface area contributed by atoms with Crippen LogP contribution in [0.25, 0.3) is 0 Å². The van der Waals surface area contributed by atoms with Crippen molar-refractivity contribution in [2.24, 2.45) is 0 Å². The second-order valence-electron chi connectivity index (χ2n) is 7.82. The van der Waals surface area contributed by atoms with E-state index in [0.717, 1.165) is 16.9 Å². The summed E-state index contributed by atoms with van der Waals surface area (Å²) in [5, 5.41) is 6.79. The molecule has 190 valence electrons. The highest BCUT2D eigenvalue weighted by molar-refractivity contribution is 7.19. The molecule has 3 aromatic rings. The molecule has 1 heterocycles. The molecule has 2 aromatic carbocycles. The van der Waals surface area contributed by atoms with Gasteiger partial charge in [0.05, 0.1) is 28.7 Å². The Kier molecular flexibility index (Phi) is 9.75. The zero-order valence-corrected chi connectivity index (χ0v) is 22.4. The van der Waals surface area contributed by atoms with E-state index in [4.69, 9.17) is 32.7 Å². The Bertz CT molecular complexity index is 1280. The number of carbonyl (C=O) groups is 3. The fourth-order valence-electron chi connectivity index (χ4n) is 3.36. The molecule has 0 fully saturated rings. The van der Waals surface area contributed by atoms with E-state index in [1.54, 1.807) is 38.1 Å². The van der Waals surface area contributed by atoms with E-state index in [2.05, 4.69) is 10.6 Å². The quantitative estimate of drug-likeness (QED) is 0.212. The number of aryl methyl sites for hydroxylation is 1. The third-order valence-corrected chi connectivity index (χ3v) is 6.91. The van der Waals surface area contributed by atoms with Gasteiger partial charge in [0, 0.05) is 17.1 Å². The van der Waals surface area contributed by atoms with Gasteiger partial charge in [0.25, 0.3) is 5.91 Å². The predicted octanol–water partition coefficient (Wildman–Crippen LogP) is 6.90. The Labute approximate surface area is 223 Å². The van der Waals surface area contributed by atoms with Gasteiger partial charge in [-0.1, -0.05) is 41.4 Å². The zero-order chi connectivity index (χ0) is 26.2. The van der Waals surface area contributed by atoms with E-state index >= 15 is 0 Å². The maximum Gasteiger partial charge on any atom is 0.341 e. The number of benzene rings is 2. The molecule has 7 nitrogen and oxygen atoms in total. The maximum atomic E-state index is 13.0. The molecule has 0 aliphatic heterocycles. The number of para-hydroxylation sites is 1. The van der Waals surface area contributed by atoms with E-state index in [-0.39, 0.29) is 42.0 Å². The molecular weight excluding hydrogens is 523 g/mol. The molecule has 0 aliphatic rings. The SMILES string of the molecule is CCOC(=O)c1c(NC(=O)CCCOc2ccc(Cl)cc2Cl)sc(C(=O)Nc2ccccc2C)c1C. The summed E-state index contributed by atoms with van der Waals surface area (Å²) in [5.41, 5.74) is 2.19. The minimum Gasteiger partial charge on any atom is -0.492 e. The van der Waals surface area contributed by atoms with Crippen molar-refractivity contribution in [1.82, 2.24) is 0 Å². The molecule has 0 bridgehead atoms. The third-order valence-electron chi connectivity index (χ3n) is 5.18. The minimum absolute atomic E-state index is 0.134. The number of esters is 1. The first kappa shape index (κ1) is 27.5. The van der Waals surface area contributed by atoms with Crippen molar-refractivity contribution in [3.63, 3.8) is 0 Å². The number of rotatable bonds is 10. The highest BCUT2D eigenvalue weighted by Crippen LogP contribution is 2.35. The van der Waals surface area contributed by atoms with Crippen LogP contribution in [0.5, 0.6) is 5.75 Å². The second-order valence-corrected chi connectivity index (χ2v) is 9.69. The standard InChI is InChI=1S/C26H26Cl2N2O5S/c1-4-34-26(33)22-16(3)23(24(32)29-19-9-6-5-8-15(19)2)36-25(22)30-21(31)10-7-13-35-20-12-11-17(27)14-18(20)28/h5-6,8-9,11-12,14H,4,7,10,13H2,1-3H3,(H,29,32)(H,30,31). The van der Waals surface area contributed by atoms with Gasteiger partial charge in [-0.3, -0.25) is 9.59 Å². The highest BCUT2D eigenvalue weighted by Gasteiger charge is 2.27. The summed E-state index contributed by atoms with van der Waals surface area (Å²) in [6.45, 7) is 5.66. The van der Waals surface area contributed by atoms with E-state index < -0.39 is 5.97 Å². The van der Waals surface area contributed by atoms with Crippen molar-refractivity contribution in [3.05, 3.63) is 74.1 Å². The highest BCUT2D eigenvalue weighted by atomic mass is 35.5. The summed E-state index contributed by atoms with van der Waals surface area (Å²) < 4.78 is 10.8. The Morgan fingerprint density at radius 1 is 1.03 bits per heavy atom. The minimum atomic E-state index is -0.600. The fourth-order valence-corrected chi connectivity index (χ4v) is 4.93. The molecule has 36 heavy (non-hydrogen) atoms. The van der Waals surface area contributed by atoms with Crippen molar-refractivity contribution in [1.29, 1.82) is 0 Å². The van der Waals surface area contributed by atoms with Gasteiger partial charge in [0.15, 0.2) is 0 Å². The lowest BCUT2D eigenvalue weighted by Crippen LogP contribution is -2.15. The molecule has 0 aliphatic carbocycles. The Morgan fingerprint density at radius 3 is 2.47 bits per heavy atom. The first-order valence-electron chi connectivity index (χ1n) is 11.3. The summed E-state index contributed by atoms with van der Waals surface area (Å²) in [6.07, 6.45) is 0.541. The Balaban J connectivity index is 1.69. The number of hydrogen-bond acceptors (Lipinski definition) is 6. The number of thiophene rings is 1. The molecular formula is C26H26Cl2N2O5S. The summed E-state index contributed by atoms with van der Waals surface area (Å²) in [5.74, 6) is -0.814. The lowest BCUT2D eigenvalue weighted by atomic mass is 10.1. The van der Waals surface area contributed by atoms with Crippen LogP contribution in [0.3, 0.4) is 0 Å². The van der Waals surface area contributed by atoms with E-state index in [1.807, 2.05) is 25.1 Å². The van der Waals surface area contributed by atoms with Gasteiger partial charge < -0.3 is 20.1 Å². The number of carbonyl (C=O) groups excluding carboxylic acids is 3. The van der Waals surface area contributed by atoms with Crippen molar-refractivity contribution in [2.75, 3.05) is 23.8 Å². The van der Waals surface area contributed by atoms with Crippen LogP contribution >= 0.6 is 34.5 Å². The zero-order valence-electron chi connectivity index (χ0n) is 20.1. The first-order valence-corrected chi connectivity index (χ1v) is 12.8. The van der Waals surface area contributed by atoms with Crippen LogP contribution in [0.2, 0.25) is 10.0 Å². The molecule has 0 radical (unpaired) electrons. The maximum absolute atomic E-state index is 13.0. The van der Waals surface area contributed by atoms with Crippen molar-refractivity contribution in [2.45, 2.75) is 33.6 Å². The third kappa shape index (κ3) is 7.00. The van der Waals surface area contributed by atoms with Crippen LogP contribution in [0.15, 0.2) is 42.5 Å².